The molecular weight excluding hydrogens is 352 g/mol. The Morgan fingerprint density at radius 2 is 1.67 bits per heavy atom. The maximum absolute atomic E-state index is 12.5. The summed E-state index contributed by atoms with van der Waals surface area (Å²) in [4.78, 5) is 10.4. The van der Waals surface area contributed by atoms with E-state index in [1.807, 2.05) is 6.92 Å². The minimum Gasteiger partial charge on any atom is -0.258 e. The zero-order valence-electron chi connectivity index (χ0n) is 13.2. The highest BCUT2D eigenvalue weighted by Gasteiger charge is 2.23. The molecule has 0 bridgehead atoms. The Bertz CT molecular complexity index is 820. The lowest BCUT2D eigenvalue weighted by atomic mass is 10.1. The average Bonchev–Trinajstić information content (AvgIpc) is 2.55. The largest absolute Gasteiger partial charge is 0.269 e. The number of hydrogen-bond acceptors (Lipinski definition) is 4. The summed E-state index contributed by atoms with van der Waals surface area (Å²) < 4.78 is 26.2. The van der Waals surface area contributed by atoms with Crippen LogP contribution in [0, 0.1) is 17.0 Å². The first-order valence-corrected chi connectivity index (χ1v) is 9.01. The summed E-state index contributed by atoms with van der Waals surface area (Å²) in [6, 6.07) is 12.3. The number of rotatable bonds is 6. The van der Waals surface area contributed by atoms with E-state index < -0.39 is 20.3 Å². The number of sulfonamides is 1. The van der Waals surface area contributed by atoms with Crippen LogP contribution in [0.4, 0.5) is 5.69 Å². The van der Waals surface area contributed by atoms with Crippen LogP contribution < -0.4 is 0 Å². The van der Waals surface area contributed by atoms with E-state index in [1.165, 1.54) is 35.6 Å². The van der Waals surface area contributed by atoms with E-state index in [2.05, 4.69) is 0 Å². The topological polar surface area (TPSA) is 80.5 Å². The van der Waals surface area contributed by atoms with Crippen molar-refractivity contribution >= 4 is 27.3 Å². The lowest BCUT2D eigenvalue weighted by Gasteiger charge is -2.20. The second kappa shape index (κ2) is 7.29. The number of nitrogens with zero attached hydrogens (tertiary/aromatic N) is 2. The Labute approximate surface area is 145 Å². The fourth-order valence-corrected chi connectivity index (χ4v) is 3.74. The van der Waals surface area contributed by atoms with Gasteiger partial charge in [-0.05, 0) is 24.6 Å². The summed E-state index contributed by atoms with van der Waals surface area (Å²) >= 11 is 6.28. The first-order chi connectivity index (χ1) is 11.2. The van der Waals surface area contributed by atoms with Crippen molar-refractivity contribution < 1.29 is 13.3 Å². The van der Waals surface area contributed by atoms with Gasteiger partial charge in [-0.3, -0.25) is 10.1 Å². The SMILES string of the molecule is Cc1ccc(S(=O)(=O)N(C)CC(Cl)c2ccc([N+](=O)[O-])cc2)cc1. The van der Waals surface area contributed by atoms with E-state index in [9.17, 15) is 18.5 Å². The summed E-state index contributed by atoms with van der Waals surface area (Å²) in [5.41, 5.74) is 1.55. The second-order valence-corrected chi connectivity index (χ2v) is 7.99. The summed E-state index contributed by atoms with van der Waals surface area (Å²) in [5, 5.41) is 10.0. The molecule has 0 radical (unpaired) electrons. The van der Waals surface area contributed by atoms with Crippen LogP contribution in [-0.2, 0) is 10.0 Å². The fourth-order valence-electron chi connectivity index (χ4n) is 2.12. The Kier molecular flexibility index (Phi) is 5.58. The lowest BCUT2D eigenvalue weighted by molar-refractivity contribution is -0.384. The van der Waals surface area contributed by atoms with Crippen molar-refractivity contribution in [2.75, 3.05) is 13.6 Å². The van der Waals surface area contributed by atoms with Crippen LogP contribution in [0.5, 0.6) is 0 Å². The molecule has 24 heavy (non-hydrogen) atoms. The van der Waals surface area contributed by atoms with Gasteiger partial charge in [0.05, 0.1) is 15.2 Å². The molecular formula is C16H17ClN2O4S. The molecule has 0 aliphatic rings. The van der Waals surface area contributed by atoms with Gasteiger partial charge in [0, 0.05) is 25.7 Å². The third kappa shape index (κ3) is 4.11. The monoisotopic (exact) mass is 368 g/mol. The number of hydrogen-bond donors (Lipinski definition) is 0. The van der Waals surface area contributed by atoms with E-state index in [0.717, 1.165) is 5.56 Å². The third-order valence-corrected chi connectivity index (χ3v) is 5.84. The Hall–Kier alpha value is -1.96. The van der Waals surface area contributed by atoms with Crippen LogP contribution in [0.3, 0.4) is 0 Å². The lowest BCUT2D eigenvalue weighted by Crippen LogP contribution is -2.30. The molecule has 0 amide bonds. The molecule has 0 fully saturated rings. The number of non-ortho nitro benzene ring substituents is 1. The minimum atomic E-state index is -3.64. The molecule has 0 aliphatic heterocycles. The molecule has 2 rings (SSSR count). The highest BCUT2D eigenvalue weighted by atomic mass is 35.5. The van der Waals surface area contributed by atoms with Crippen LogP contribution in [0.15, 0.2) is 53.4 Å². The molecule has 6 nitrogen and oxygen atoms in total. The van der Waals surface area contributed by atoms with Gasteiger partial charge in [0.1, 0.15) is 0 Å². The van der Waals surface area contributed by atoms with Gasteiger partial charge in [0.25, 0.3) is 5.69 Å². The highest BCUT2D eigenvalue weighted by molar-refractivity contribution is 7.89. The van der Waals surface area contributed by atoms with Crippen LogP contribution >= 0.6 is 11.6 Å². The molecule has 2 aromatic carbocycles. The third-order valence-electron chi connectivity index (χ3n) is 3.61. The van der Waals surface area contributed by atoms with Crippen LogP contribution in [0.25, 0.3) is 0 Å². The van der Waals surface area contributed by atoms with Crippen LogP contribution in [0.2, 0.25) is 0 Å². The molecule has 0 saturated heterocycles. The van der Waals surface area contributed by atoms with Crippen molar-refractivity contribution in [3.05, 3.63) is 69.8 Å². The Morgan fingerprint density at radius 1 is 1.12 bits per heavy atom. The van der Waals surface area contributed by atoms with Gasteiger partial charge in [0.15, 0.2) is 0 Å². The number of nitro groups is 1. The second-order valence-electron chi connectivity index (χ2n) is 5.41. The molecule has 0 aliphatic carbocycles. The smallest absolute Gasteiger partial charge is 0.258 e. The van der Waals surface area contributed by atoms with Crippen molar-refractivity contribution in [3.63, 3.8) is 0 Å². The van der Waals surface area contributed by atoms with Crippen molar-refractivity contribution in [2.45, 2.75) is 17.2 Å². The molecule has 0 aromatic heterocycles. The quantitative estimate of drug-likeness (QED) is 0.444. The zero-order chi connectivity index (χ0) is 17.9. The van der Waals surface area contributed by atoms with Gasteiger partial charge < -0.3 is 0 Å². The van der Waals surface area contributed by atoms with E-state index >= 15 is 0 Å². The van der Waals surface area contributed by atoms with E-state index in [1.54, 1.807) is 24.3 Å². The molecule has 8 heteroatoms. The van der Waals surface area contributed by atoms with Gasteiger partial charge in [-0.15, -0.1) is 11.6 Å². The first kappa shape index (κ1) is 18.4. The van der Waals surface area contributed by atoms with Crippen molar-refractivity contribution in [1.29, 1.82) is 0 Å². The first-order valence-electron chi connectivity index (χ1n) is 7.13. The van der Waals surface area contributed by atoms with E-state index in [4.69, 9.17) is 11.6 Å². The molecule has 0 heterocycles. The number of nitro benzene ring substituents is 1. The van der Waals surface area contributed by atoms with Gasteiger partial charge >= 0.3 is 0 Å². The molecule has 2 aromatic rings. The normalized spacial score (nSPS) is 13.0. The molecule has 0 spiro atoms. The maximum atomic E-state index is 12.5. The summed E-state index contributed by atoms with van der Waals surface area (Å²) in [5.74, 6) is 0. The highest BCUT2D eigenvalue weighted by Crippen LogP contribution is 2.26. The van der Waals surface area contributed by atoms with Gasteiger partial charge in [0.2, 0.25) is 10.0 Å². The predicted octanol–water partition coefficient (Wildman–Crippen LogP) is 3.50. The molecule has 1 atom stereocenters. The summed E-state index contributed by atoms with van der Waals surface area (Å²) in [6.45, 7) is 1.93. The van der Waals surface area contributed by atoms with E-state index in [0.29, 0.717) is 5.56 Å². The van der Waals surface area contributed by atoms with Crippen molar-refractivity contribution in [3.8, 4) is 0 Å². The van der Waals surface area contributed by atoms with Crippen molar-refractivity contribution in [1.82, 2.24) is 4.31 Å². The fraction of sp³-hybridized carbons (Fsp3) is 0.250. The van der Waals surface area contributed by atoms with Gasteiger partial charge in [-0.2, -0.15) is 4.31 Å². The molecule has 0 saturated carbocycles. The van der Waals surface area contributed by atoms with E-state index in [-0.39, 0.29) is 17.1 Å². The molecule has 0 N–H and O–H groups in total. The summed E-state index contributed by atoms with van der Waals surface area (Å²) in [6.07, 6.45) is 0. The predicted molar refractivity (Wildman–Crippen MR) is 92.7 cm³/mol. The number of benzene rings is 2. The van der Waals surface area contributed by atoms with Gasteiger partial charge in [-0.1, -0.05) is 29.8 Å². The summed E-state index contributed by atoms with van der Waals surface area (Å²) in [7, 11) is -2.19. The molecule has 1 unspecified atom stereocenters. The standard InChI is InChI=1S/C16H17ClN2O4S/c1-12-3-9-15(10-4-12)24(22,23)18(2)11-16(17)13-5-7-14(8-6-13)19(20)21/h3-10,16H,11H2,1-2H3. The van der Waals surface area contributed by atoms with Crippen molar-refractivity contribution in [2.24, 2.45) is 0 Å². The minimum absolute atomic E-state index is 0.0387. The number of likely N-dealkylation sites (N-methyl/N-ethyl adjacent to an activating group) is 1. The number of halogens is 1. The average molecular weight is 369 g/mol. The van der Waals surface area contributed by atoms with Gasteiger partial charge in [-0.25, -0.2) is 8.42 Å². The maximum Gasteiger partial charge on any atom is 0.269 e. The Morgan fingerprint density at radius 3 is 2.17 bits per heavy atom. The Balaban J connectivity index is 2.14. The van der Waals surface area contributed by atoms with Crippen LogP contribution in [0.1, 0.15) is 16.5 Å². The molecule has 128 valence electrons. The number of aryl methyl sites for hydroxylation is 1. The number of alkyl halides is 1. The zero-order valence-corrected chi connectivity index (χ0v) is 14.8. The van der Waals surface area contributed by atoms with Crippen LogP contribution in [-0.4, -0.2) is 31.2 Å².